The predicted octanol–water partition coefficient (Wildman–Crippen LogP) is 2.29. The number of nitrogens with zero attached hydrogens (tertiary/aromatic N) is 4. The molecule has 0 saturated carbocycles. The van der Waals surface area contributed by atoms with Crippen LogP contribution < -0.4 is 0 Å². The number of ether oxygens (including phenoxy) is 1. The average Bonchev–Trinajstić information content (AvgIpc) is 3.31. The first kappa shape index (κ1) is 27.5. The Labute approximate surface area is 214 Å². The van der Waals surface area contributed by atoms with E-state index in [4.69, 9.17) is 4.74 Å². The van der Waals surface area contributed by atoms with Gasteiger partial charge in [-0.2, -0.15) is 0 Å². The maximum atomic E-state index is 13.7. The Balaban J connectivity index is 1.67. The van der Waals surface area contributed by atoms with Crippen molar-refractivity contribution >= 4 is 11.8 Å². The first-order chi connectivity index (χ1) is 17.4. The van der Waals surface area contributed by atoms with Gasteiger partial charge in [-0.15, -0.1) is 16.9 Å². The Kier molecular flexibility index (Phi) is 7.93. The molecule has 13 heteroatoms. The lowest BCUT2D eigenvalue weighted by Gasteiger charge is -2.44. The Hall–Kier alpha value is -2.55. The Bertz CT molecular complexity index is 1230. The summed E-state index contributed by atoms with van der Waals surface area (Å²) in [5, 5.41) is 50.0. The van der Waals surface area contributed by atoms with Gasteiger partial charge in [-0.3, -0.25) is 4.98 Å². The molecule has 0 bridgehead atoms. The Morgan fingerprint density at radius 2 is 1.84 bits per heavy atom. The molecule has 0 unspecified atom stereocenters. The maximum absolute atomic E-state index is 13.7. The average molecular weight is 541 g/mol. The van der Waals surface area contributed by atoms with Crippen LogP contribution in [0.15, 0.2) is 36.7 Å². The van der Waals surface area contributed by atoms with Crippen molar-refractivity contribution in [3.63, 3.8) is 0 Å². The minimum absolute atomic E-state index is 0.0335. The number of aromatic nitrogens is 4. The van der Waals surface area contributed by atoms with E-state index in [-0.39, 0.29) is 11.3 Å². The number of benzene rings is 1. The van der Waals surface area contributed by atoms with E-state index in [1.807, 2.05) is 0 Å². The largest absolute Gasteiger partial charge is 0.394 e. The van der Waals surface area contributed by atoms with Gasteiger partial charge in [0.05, 0.1) is 23.7 Å². The molecular formula is C24H27F3N4O5S. The lowest BCUT2D eigenvalue weighted by molar-refractivity contribution is -0.179. The lowest BCUT2D eigenvalue weighted by atomic mass is 9.96. The molecule has 1 aliphatic heterocycles. The summed E-state index contributed by atoms with van der Waals surface area (Å²) in [4.78, 5) is 4.27. The second kappa shape index (κ2) is 10.7. The standard InChI is InChI=1S/C24H27F3N4O5S/c1-11-13(5-4-6-28-11)22(24(2,3)35)37-23-21(34)19(20(33)17(10-32)36-23)31-9-16(29-30-31)12-7-14(25)18(27)15(26)8-12/h4-9,17,19-23,32-35H,10H2,1-3H3/t17-,19+,20+,21-,22-,23+/m1/s1. The number of pyridine rings is 1. The smallest absolute Gasteiger partial charge is 0.194 e. The van der Waals surface area contributed by atoms with E-state index in [1.54, 1.807) is 39.1 Å². The zero-order chi connectivity index (χ0) is 27.1. The number of hydrogen-bond acceptors (Lipinski definition) is 9. The van der Waals surface area contributed by atoms with Crippen LogP contribution >= 0.6 is 11.8 Å². The zero-order valence-electron chi connectivity index (χ0n) is 20.2. The van der Waals surface area contributed by atoms with E-state index < -0.39 is 64.7 Å². The van der Waals surface area contributed by atoms with Gasteiger partial charge in [0.15, 0.2) is 17.5 Å². The van der Waals surface area contributed by atoms with Crippen LogP contribution in [0, 0.1) is 24.4 Å². The fourth-order valence-corrected chi connectivity index (χ4v) is 5.81. The molecule has 3 aromatic rings. The summed E-state index contributed by atoms with van der Waals surface area (Å²) in [7, 11) is 0. The van der Waals surface area contributed by atoms with E-state index in [0.29, 0.717) is 11.3 Å². The van der Waals surface area contributed by atoms with E-state index in [1.165, 1.54) is 6.20 Å². The quantitative estimate of drug-likeness (QED) is 0.333. The lowest BCUT2D eigenvalue weighted by Crippen LogP contribution is -2.55. The highest BCUT2D eigenvalue weighted by Gasteiger charge is 2.48. The molecule has 0 radical (unpaired) electrons. The molecule has 0 aliphatic carbocycles. The normalized spacial score (nSPS) is 25.3. The van der Waals surface area contributed by atoms with E-state index in [2.05, 4.69) is 15.3 Å². The van der Waals surface area contributed by atoms with Crippen molar-refractivity contribution in [2.75, 3.05) is 6.61 Å². The first-order valence-corrected chi connectivity index (χ1v) is 12.3. The predicted molar refractivity (Wildman–Crippen MR) is 128 cm³/mol. The maximum Gasteiger partial charge on any atom is 0.194 e. The van der Waals surface area contributed by atoms with Crippen molar-refractivity contribution in [2.45, 2.75) is 61.4 Å². The molecule has 1 aromatic carbocycles. The fourth-order valence-electron chi connectivity index (χ4n) is 4.28. The minimum Gasteiger partial charge on any atom is -0.394 e. The van der Waals surface area contributed by atoms with Crippen LogP contribution in [0.25, 0.3) is 11.3 Å². The summed E-state index contributed by atoms with van der Waals surface area (Å²) in [6, 6.07) is 3.85. The van der Waals surface area contributed by atoms with Gasteiger partial charge in [-0.25, -0.2) is 17.9 Å². The molecule has 0 spiro atoms. The number of halogens is 3. The third-order valence-electron chi connectivity index (χ3n) is 6.19. The molecule has 4 rings (SSSR count). The highest BCUT2D eigenvalue weighted by molar-refractivity contribution is 8.00. The van der Waals surface area contributed by atoms with Crippen molar-refractivity contribution in [2.24, 2.45) is 0 Å². The van der Waals surface area contributed by atoms with Crippen molar-refractivity contribution in [1.29, 1.82) is 0 Å². The van der Waals surface area contributed by atoms with E-state index >= 15 is 0 Å². The van der Waals surface area contributed by atoms with Crippen molar-refractivity contribution in [1.82, 2.24) is 20.0 Å². The summed E-state index contributed by atoms with van der Waals surface area (Å²) in [6.45, 7) is 4.41. The third kappa shape index (κ3) is 5.52. The molecule has 2 aromatic heterocycles. The summed E-state index contributed by atoms with van der Waals surface area (Å²) >= 11 is 1.09. The molecule has 1 fully saturated rings. The molecule has 37 heavy (non-hydrogen) atoms. The molecule has 0 amide bonds. The van der Waals surface area contributed by atoms with Crippen LogP contribution in [0.5, 0.6) is 0 Å². The summed E-state index contributed by atoms with van der Waals surface area (Å²) in [6.07, 6.45) is -1.12. The van der Waals surface area contributed by atoms with Crippen LogP contribution in [0.1, 0.15) is 36.4 Å². The Morgan fingerprint density at radius 1 is 1.16 bits per heavy atom. The van der Waals surface area contributed by atoms with Gasteiger partial charge >= 0.3 is 0 Å². The molecular weight excluding hydrogens is 513 g/mol. The summed E-state index contributed by atoms with van der Waals surface area (Å²) in [5.74, 6) is -4.44. The molecule has 9 nitrogen and oxygen atoms in total. The van der Waals surface area contributed by atoms with Crippen molar-refractivity contribution in [3.05, 3.63) is 65.4 Å². The van der Waals surface area contributed by atoms with Gasteiger partial charge in [0.1, 0.15) is 35.5 Å². The minimum atomic E-state index is -1.62. The van der Waals surface area contributed by atoms with Crippen LogP contribution in [0.4, 0.5) is 13.2 Å². The molecule has 3 heterocycles. The van der Waals surface area contributed by atoms with Crippen LogP contribution in [-0.4, -0.2) is 76.4 Å². The monoisotopic (exact) mass is 540 g/mol. The fraction of sp³-hybridized carbons (Fsp3) is 0.458. The van der Waals surface area contributed by atoms with Crippen LogP contribution in [-0.2, 0) is 4.74 Å². The molecule has 1 aliphatic rings. The van der Waals surface area contributed by atoms with Crippen molar-refractivity contribution < 1.29 is 38.3 Å². The second-order valence-corrected chi connectivity index (χ2v) is 10.6. The molecule has 200 valence electrons. The van der Waals surface area contributed by atoms with Gasteiger partial charge in [-0.05, 0) is 44.5 Å². The Morgan fingerprint density at radius 3 is 2.43 bits per heavy atom. The molecule has 1 saturated heterocycles. The summed E-state index contributed by atoms with van der Waals surface area (Å²) < 4.78 is 47.7. The van der Waals surface area contributed by atoms with Gasteiger partial charge in [0.2, 0.25) is 0 Å². The summed E-state index contributed by atoms with van der Waals surface area (Å²) in [5.41, 5.74) is -1.08. The topological polar surface area (TPSA) is 134 Å². The van der Waals surface area contributed by atoms with Gasteiger partial charge in [-0.1, -0.05) is 11.3 Å². The number of thioether (sulfide) groups is 1. The third-order valence-corrected chi connectivity index (χ3v) is 7.95. The van der Waals surface area contributed by atoms with Crippen molar-refractivity contribution in [3.8, 4) is 11.3 Å². The molecule has 4 N–H and O–H groups in total. The zero-order valence-corrected chi connectivity index (χ0v) is 21.0. The SMILES string of the molecule is Cc1ncccc1[C@@H](S[C@@H]1O[C@H](CO)[C@H](O)[C@H](n2cc(-c3cc(F)c(F)c(F)c3)nn2)[C@H]1O)C(C)(C)O. The van der Waals surface area contributed by atoms with Crippen LogP contribution in [0.3, 0.4) is 0 Å². The number of hydrogen-bond donors (Lipinski definition) is 4. The number of aliphatic hydroxyl groups excluding tert-OH is 3. The van der Waals surface area contributed by atoms with Gasteiger partial charge in [0, 0.05) is 17.5 Å². The highest BCUT2D eigenvalue weighted by atomic mass is 32.2. The number of aliphatic hydroxyl groups is 4. The molecule has 6 atom stereocenters. The first-order valence-electron chi connectivity index (χ1n) is 11.4. The van der Waals surface area contributed by atoms with E-state index in [9.17, 15) is 33.6 Å². The second-order valence-electron chi connectivity index (χ2n) is 9.38. The van der Waals surface area contributed by atoms with Gasteiger partial charge < -0.3 is 25.2 Å². The highest BCUT2D eigenvalue weighted by Crippen LogP contribution is 2.46. The number of rotatable bonds is 7. The number of aryl methyl sites for hydroxylation is 1. The van der Waals surface area contributed by atoms with Gasteiger partial charge in [0.25, 0.3) is 0 Å². The van der Waals surface area contributed by atoms with Crippen LogP contribution in [0.2, 0.25) is 0 Å². The van der Waals surface area contributed by atoms with E-state index in [0.717, 1.165) is 28.6 Å².